The lowest BCUT2D eigenvalue weighted by Gasteiger charge is -2.24. The Hall–Kier alpha value is -1.63. The third-order valence-electron chi connectivity index (χ3n) is 3.65. The standard InChI is InChI=1S/C16H23NO5/c1-20-6-7-22-15-5-3-4-12(8-15)16(19)17-10-14(18)9-13(17)11-21-2/h3-5,8,13-14,18H,6-7,9-11H2,1-2H3/t13-,14+/m0/s1. The maximum atomic E-state index is 12.6. The lowest BCUT2D eigenvalue weighted by atomic mass is 10.1. The number of amides is 1. The molecule has 1 amide bonds. The fraction of sp³-hybridized carbons (Fsp3) is 0.562. The van der Waals surface area contributed by atoms with Gasteiger partial charge in [-0.15, -0.1) is 0 Å². The molecule has 2 atom stereocenters. The first-order chi connectivity index (χ1) is 10.7. The Labute approximate surface area is 130 Å². The van der Waals surface area contributed by atoms with E-state index in [1.807, 2.05) is 0 Å². The smallest absolute Gasteiger partial charge is 0.254 e. The summed E-state index contributed by atoms with van der Waals surface area (Å²) in [5, 5.41) is 9.80. The van der Waals surface area contributed by atoms with Crippen molar-refractivity contribution in [2.75, 3.05) is 40.6 Å². The second kappa shape index (κ2) is 8.12. The Morgan fingerprint density at radius 3 is 2.86 bits per heavy atom. The average molecular weight is 309 g/mol. The Morgan fingerprint density at radius 2 is 2.14 bits per heavy atom. The van der Waals surface area contributed by atoms with E-state index >= 15 is 0 Å². The van der Waals surface area contributed by atoms with Crippen LogP contribution in [0.5, 0.6) is 5.75 Å². The summed E-state index contributed by atoms with van der Waals surface area (Å²) in [5.74, 6) is 0.515. The summed E-state index contributed by atoms with van der Waals surface area (Å²) < 4.78 is 15.6. The number of hydrogen-bond donors (Lipinski definition) is 1. The number of rotatable bonds is 7. The first-order valence-corrected chi connectivity index (χ1v) is 7.35. The molecule has 1 N–H and O–H groups in total. The van der Waals surface area contributed by atoms with E-state index in [0.29, 0.717) is 44.1 Å². The van der Waals surface area contributed by atoms with Gasteiger partial charge in [-0.1, -0.05) is 6.07 Å². The first-order valence-electron chi connectivity index (χ1n) is 7.35. The van der Waals surface area contributed by atoms with E-state index in [2.05, 4.69) is 0 Å². The van der Waals surface area contributed by atoms with Gasteiger partial charge in [0.25, 0.3) is 5.91 Å². The lowest BCUT2D eigenvalue weighted by molar-refractivity contribution is 0.0622. The summed E-state index contributed by atoms with van der Waals surface area (Å²) in [5.41, 5.74) is 0.546. The quantitative estimate of drug-likeness (QED) is 0.759. The Balaban J connectivity index is 2.06. The van der Waals surface area contributed by atoms with Gasteiger partial charge in [0.15, 0.2) is 0 Å². The average Bonchev–Trinajstić information content (AvgIpc) is 2.88. The van der Waals surface area contributed by atoms with Crippen molar-refractivity contribution in [3.8, 4) is 5.75 Å². The van der Waals surface area contributed by atoms with Crippen LogP contribution in [0.2, 0.25) is 0 Å². The summed E-state index contributed by atoms with van der Waals surface area (Å²) in [4.78, 5) is 14.3. The Morgan fingerprint density at radius 1 is 1.32 bits per heavy atom. The van der Waals surface area contributed by atoms with E-state index < -0.39 is 6.10 Å². The third-order valence-corrected chi connectivity index (χ3v) is 3.65. The number of β-amino-alcohol motifs (C(OH)–C–C–N with tert-alkyl or cyclic N) is 1. The molecule has 0 spiro atoms. The number of aliphatic hydroxyl groups excluding tert-OH is 1. The number of carbonyl (C=O) groups is 1. The summed E-state index contributed by atoms with van der Waals surface area (Å²) in [6.45, 7) is 1.68. The normalized spacial score (nSPS) is 21.1. The van der Waals surface area contributed by atoms with E-state index in [0.717, 1.165) is 0 Å². The van der Waals surface area contributed by atoms with E-state index in [1.165, 1.54) is 0 Å². The maximum absolute atomic E-state index is 12.6. The van der Waals surface area contributed by atoms with Gasteiger partial charge in [0.1, 0.15) is 12.4 Å². The number of methoxy groups -OCH3 is 2. The van der Waals surface area contributed by atoms with Crippen molar-refractivity contribution in [1.82, 2.24) is 4.90 Å². The fourth-order valence-corrected chi connectivity index (χ4v) is 2.62. The van der Waals surface area contributed by atoms with Crippen LogP contribution in [0.1, 0.15) is 16.8 Å². The van der Waals surface area contributed by atoms with Gasteiger partial charge in [-0.25, -0.2) is 0 Å². The minimum atomic E-state index is -0.495. The molecule has 1 aliphatic rings. The summed E-state index contributed by atoms with van der Waals surface area (Å²) in [6, 6.07) is 6.96. The zero-order valence-corrected chi connectivity index (χ0v) is 13.0. The molecule has 0 unspecified atom stereocenters. The number of nitrogens with zero attached hydrogens (tertiary/aromatic N) is 1. The van der Waals surface area contributed by atoms with Crippen LogP contribution in [0.25, 0.3) is 0 Å². The van der Waals surface area contributed by atoms with Crippen LogP contribution < -0.4 is 4.74 Å². The summed E-state index contributed by atoms with van der Waals surface area (Å²) >= 11 is 0. The summed E-state index contributed by atoms with van der Waals surface area (Å²) in [6.07, 6.45) is 0.0501. The molecule has 0 radical (unpaired) electrons. The molecule has 6 nitrogen and oxygen atoms in total. The molecular formula is C16H23NO5. The highest BCUT2D eigenvalue weighted by Gasteiger charge is 2.34. The molecule has 1 heterocycles. The molecule has 22 heavy (non-hydrogen) atoms. The zero-order valence-electron chi connectivity index (χ0n) is 13.0. The monoisotopic (exact) mass is 309 g/mol. The van der Waals surface area contributed by atoms with Crippen molar-refractivity contribution in [2.24, 2.45) is 0 Å². The molecule has 122 valence electrons. The predicted octanol–water partition coefficient (Wildman–Crippen LogP) is 0.934. The molecular weight excluding hydrogens is 286 g/mol. The van der Waals surface area contributed by atoms with Gasteiger partial charge in [0.05, 0.1) is 25.4 Å². The van der Waals surface area contributed by atoms with E-state index in [1.54, 1.807) is 43.4 Å². The molecule has 0 aliphatic carbocycles. The lowest BCUT2D eigenvalue weighted by Crippen LogP contribution is -2.38. The number of benzene rings is 1. The minimum Gasteiger partial charge on any atom is -0.491 e. The first kappa shape index (κ1) is 16.7. The molecule has 0 aromatic heterocycles. The molecule has 1 aromatic rings. The highest BCUT2D eigenvalue weighted by molar-refractivity contribution is 5.95. The minimum absolute atomic E-state index is 0.0921. The molecule has 2 rings (SSSR count). The van der Waals surface area contributed by atoms with E-state index in [-0.39, 0.29) is 11.9 Å². The zero-order chi connectivity index (χ0) is 15.9. The van der Waals surface area contributed by atoms with Gasteiger partial charge in [0.2, 0.25) is 0 Å². The highest BCUT2D eigenvalue weighted by Crippen LogP contribution is 2.22. The third kappa shape index (κ3) is 4.19. The van der Waals surface area contributed by atoms with Crippen LogP contribution in [-0.2, 0) is 9.47 Å². The molecule has 0 saturated carbocycles. The SMILES string of the molecule is COCCOc1cccc(C(=O)N2C[C@H](O)C[C@H]2COC)c1. The molecule has 1 saturated heterocycles. The topological polar surface area (TPSA) is 68.2 Å². The van der Waals surface area contributed by atoms with E-state index in [9.17, 15) is 9.90 Å². The summed E-state index contributed by atoms with van der Waals surface area (Å²) in [7, 11) is 3.20. The number of hydrogen-bond acceptors (Lipinski definition) is 5. The second-order valence-electron chi connectivity index (χ2n) is 5.33. The van der Waals surface area contributed by atoms with Crippen LogP contribution >= 0.6 is 0 Å². The number of aliphatic hydroxyl groups is 1. The van der Waals surface area contributed by atoms with Crippen molar-refractivity contribution >= 4 is 5.91 Å². The predicted molar refractivity (Wildman–Crippen MR) is 81.1 cm³/mol. The van der Waals surface area contributed by atoms with Gasteiger partial charge in [-0.3, -0.25) is 4.79 Å². The molecule has 1 fully saturated rings. The van der Waals surface area contributed by atoms with Gasteiger partial charge in [-0.2, -0.15) is 0 Å². The molecule has 1 aliphatic heterocycles. The second-order valence-corrected chi connectivity index (χ2v) is 5.33. The number of ether oxygens (including phenoxy) is 3. The van der Waals surface area contributed by atoms with Crippen molar-refractivity contribution in [3.05, 3.63) is 29.8 Å². The molecule has 6 heteroatoms. The largest absolute Gasteiger partial charge is 0.491 e. The highest BCUT2D eigenvalue weighted by atomic mass is 16.5. The van der Waals surface area contributed by atoms with Crippen LogP contribution in [0.4, 0.5) is 0 Å². The fourth-order valence-electron chi connectivity index (χ4n) is 2.62. The van der Waals surface area contributed by atoms with Gasteiger partial charge in [-0.05, 0) is 24.6 Å². The Kier molecular flexibility index (Phi) is 6.18. The number of likely N-dealkylation sites (tertiary alicyclic amines) is 1. The van der Waals surface area contributed by atoms with E-state index in [4.69, 9.17) is 14.2 Å². The van der Waals surface area contributed by atoms with Gasteiger partial charge >= 0.3 is 0 Å². The van der Waals surface area contributed by atoms with Crippen LogP contribution in [0, 0.1) is 0 Å². The van der Waals surface area contributed by atoms with Gasteiger partial charge in [0, 0.05) is 26.3 Å². The van der Waals surface area contributed by atoms with Crippen LogP contribution in [0.3, 0.4) is 0 Å². The number of carbonyl (C=O) groups excluding carboxylic acids is 1. The van der Waals surface area contributed by atoms with Crippen molar-refractivity contribution in [3.63, 3.8) is 0 Å². The van der Waals surface area contributed by atoms with Gasteiger partial charge < -0.3 is 24.2 Å². The molecule has 0 bridgehead atoms. The van der Waals surface area contributed by atoms with Crippen molar-refractivity contribution in [2.45, 2.75) is 18.6 Å². The molecule has 1 aromatic carbocycles. The van der Waals surface area contributed by atoms with Crippen molar-refractivity contribution in [1.29, 1.82) is 0 Å². The van der Waals surface area contributed by atoms with Crippen LogP contribution in [-0.4, -0.2) is 68.6 Å². The maximum Gasteiger partial charge on any atom is 0.254 e. The Bertz CT molecular complexity index is 493. The van der Waals surface area contributed by atoms with Crippen molar-refractivity contribution < 1.29 is 24.1 Å². The van der Waals surface area contributed by atoms with Crippen LogP contribution in [0.15, 0.2) is 24.3 Å².